The van der Waals surface area contributed by atoms with Crippen molar-refractivity contribution in [3.05, 3.63) is 48.7 Å². The number of aromatic amines is 1. The van der Waals surface area contributed by atoms with Crippen molar-refractivity contribution in [2.24, 2.45) is 0 Å². The van der Waals surface area contributed by atoms with Crippen molar-refractivity contribution < 1.29 is 0 Å². The van der Waals surface area contributed by atoms with Gasteiger partial charge in [-0.1, -0.05) is 12.1 Å². The van der Waals surface area contributed by atoms with Crippen molar-refractivity contribution in [2.75, 3.05) is 11.9 Å². The zero-order valence-electron chi connectivity index (χ0n) is 9.80. The summed E-state index contributed by atoms with van der Waals surface area (Å²) in [4.78, 5) is 15.9. The lowest BCUT2D eigenvalue weighted by Crippen LogP contribution is -2.06. The number of imidazole rings is 1. The predicted octanol–water partition coefficient (Wildman–Crippen LogP) is 2.01. The van der Waals surface area contributed by atoms with Gasteiger partial charge in [-0.05, 0) is 12.1 Å². The minimum Gasteiger partial charge on any atom is -0.368 e. The number of aromatic nitrogens is 4. The average Bonchev–Trinajstić information content (AvgIpc) is 2.92. The maximum atomic E-state index is 4.49. The van der Waals surface area contributed by atoms with Gasteiger partial charge in [-0.25, -0.2) is 9.97 Å². The Hall–Kier alpha value is -2.43. The SMILES string of the molecule is c1ccc2nc(NCCc3cnc[nH]3)cnc2c1. The van der Waals surface area contributed by atoms with Gasteiger partial charge in [0.15, 0.2) is 0 Å². The molecule has 3 rings (SSSR count). The van der Waals surface area contributed by atoms with E-state index in [0.29, 0.717) is 0 Å². The van der Waals surface area contributed by atoms with Crippen LogP contribution in [0.5, 0.6) is 0 Å². The fourth-order valence-corrected chi connectivity index (χ4v) is 1.79. The Morgan fingerprint density at radius 3 is 2.83 bits per heavy atom. The molecule has 0 saturated carbocycles. The number of benzene rings is 1. The first kappa shape index (κ1) is 10.7. The van der Waals surface area contributed by atoms with Gasteiger partial charge in [-0.3, -0.25) is 4.98 Å². The molecular formula is C13H13N5. The summed E-state index contributed by atoms with van der Waals surface area (Å²) in [6.07, 6.45) is 6.16. The van der Waals surface area contributed by atoms with Gasteiger partial charge in [-0.15, -0.1) is 0 Å². The summed E-state index contributed by atoms with van der Waals surface area (Å²) >= 11 is 0. The number of hydrogen-bond acceptors (Lipinski definition) is 4. The maximum Gasteiger partial charge on any atom is 0.145 e. The summed E-state index contributed by atoms with van der Waals surface area (Å²) < 4.78 is 0. The Bertz CT molecular complexity index is 633. The third-order valence-corrected chi connectivity index (χ3v) is 2.70. The van der Waals surface area contributed by atoms with Crippen molar-refractivity contribution >= 4 is 16.9 Å². The van der Waals surface area contributed by atoms with E-state index in [1.54, 1.807) is 12.5 Å². The highest BCUT2D eigenvalue weighted by atomic mass is 15.0. The molecule has 3 aromatic rings. The van der Waals surface area contributed by atoms with Gasteiger partial charge < -0.3 is 10.3 Å². The Morgan fingerprint density at radius 1 is 1.11 bits per heavy atom. The molecule has 0 atom stereocenters. The number of rotatable bonds is 4. The Morgan fingerprint density at radius 2 is 2.00 bits per heavy atom. The lowest BCUT2D eigenvalue weighted by atomic mass is 10.3. The number of nitrogens with one attached hydrogen (secondary N) is 2. The summed E-state index contributed by atoms with van der Waals surface area (Å²) in [6, 6.07) is 7.84. The van der Waals surface area contributed by atoms with E-state index in [0.717, 1.165) is 35.5 Å². The first-order chi connectivity index (χ1) is 8.92. The number of para-hydroxylation sites is 2. The summed E-state index contributed by atoms with van der Waals surface area (Å²) in [5.74, 6) is 0.799. The van der Waals surface area contributed by atoms with Crippen molar-refractivity contribution in [3.63, 3.8) is 0 Å². The van der Waals surface area contributed by atoms with Gasteiger partial charge >= 0.3 is 0 Å². The summed E-state index contributed by atoms with van der Waals surface area (Å²) in [6.45, 7) is 0.801. The minimum atomic E-state index is 0.799. The molecule has 0 saturated heterocycles. The molecule has 2 heterocycles. The number of nitrogens with zero attached hydrogens (tertiary/aromatic N) is 3. The summed E-state index contributed by atoms with van der Waals surface area (Å²) in [5.41, 5.74) is 2.93. The average molecular weight is 239 g/mol. The van der Waals surface area contributed by atoms with Crippen LogP contribution in [0.4, 0.5) is 5.82 Å². The Labute approximate surface area is 104 Å². The normalized spacial score (nSPS) is 10.7. The molecule has 2 aromatic heterocycles. The van der Waals surface area contributed by atoms with E-state index in [2.05, 4.69) is 25.3 Å². The first-order valence-electron chi connectivity index (χ1n) is 5.85. The van der Waals surface area contributed by atoms with Crippen LogP contribution in [-0.2, 0) is 6.42 Å². The molecule has 0 bridgehead atoms. The molecule has 0 aliphatic carbocycles. The number of H-pyrrole nitrogens is 1. The smallest absolute Gasteiger partial charge is 0.145 e. The molecular weight excluding hydrogens is 226 g/mol. The van der Waals surface area contributed by atoms with E-state index in [1.165, 1.54) is 0 Å². The van der Waals surface area contributed by atoms with Gasteiger partial charge in [0.05, 0.1) is 23.6 Å². The molecule has 0 aliphatic heterocycles. The van der Waals surface area contributed by atoms with Crippen LogP contribution in [0.25, 0.3) is 11.0 Å². The molecule has 0 fully saturated rings. The quantitative estimate of drug-likeness (QED) is 0.731. The molecule has 18 heavy (non-hydrogen) atoms. The molecule has 5 heteroatoms. The largest absolute Gasteiger partial charge is 0.368 e. The van der Waals surface area contributed by atoms with Crippen LogP contribution in [0.15, 0.2) is 43.0 Å². The highest BCUT2D eigenvalue weighted by Crippen LogP contribution is 2.11. The standard InChI is InChI=1S/C13H13N5/c1-2-4-12-11(3-1)16-8-13(18-12)15-6-5-10-7-14-9-17-10/h1-4,7-9H,5-6H2,(H,14,17)(H,15,18). The number of hydrogen-bond donors (Lipinski definition) is 2. The molecule has 1 aromatic carbocycles. The van der Waals surface area contributed by atoms with E-state index in [9.17, 15) is 0 Å². The van der Waals surface area contributed by atoms with Crippen LogP contribution in [-0.4, -0.2) is 26.5 Å². The van der Waals surface area contributed by atoms with Crippen LogP contribution < -0.4 is 5.32 Å². The third-order valence-electron chi connectivity index (χ3n) is 2.70. The van der Waals surface area contributed by atoms with Crippen LogP contribution in [0.2, 0.25) is 0 Å². The van der Waals surface area contributed by atoms with Gasteiger partial charge in [-0.2, -0.15) is 0 Å². The Balaban J connectivity index is 1.67. The predicted molar refractivity (Wildman–Crippen MR) is 70.3 cm³/mol. The second-order valence-corrected chi connectivity index (χ2v) is 4.00. The van der Waals surface area contributed by atoms with E-state index in [4.69, 9.17) is 0 Å². The molecule has 0 unspecified atom stereocenters. The van der Waals surface area contributed by atoms with Crippen LogP contribution >= 0.6 is 0 Å². The summed E-state index contributed by atoms with van der Waals surface area (Å²) in [7, 11) is 0. The van der Waals surface area contributed by atoms with Crippen molar-refractivity contribution in [3.8, 4) is 0 Å². The van der Waals surface area contributed by atoms with Gasteiger partial charge in [0.25, 0.3) is 0 Å². The second-order valence-electron chi connectivity index (χ2n) is 4.00. The van der Waals surface area contributed by atoms with E-state index in [1.807, 2.05) is 30.5 Å². The number of anilines is 1. The lowest BCUT2D eigenvalue weighted by molar-refractivity contribution is 0.968. The monoisotopic (exact) mass is 239 g/mol. The van der Waals surface area contributed by atoms with Gasteiger partial charge in [0.1, 0.15) is 5.82 Å². The molecule has 2 N–H and O–H groups in total. The molecule has 90 valence electrons. The minimum absolute atomic E-state index is 0.799. The second kappa shape index (κ2) is 4.83. The highest BCUT2D eigenvalue weighted by molar-refractivity contribution is 5.75. The molecule has 0 radical (unpaired) electrons. The molecule has 0 spiro atoms. The van der Waals surface area contributed by atoms with Gasteiger partial charge in [0.2, 0.25) is 0 Å². The van der Waals surface area contributed by atoms with E-state index >= 15 is 0 Å². The molecule has 0 aliphatic rings. The van der Waals surface area contributed by atoms with Crippen LogP contribution in [0.1, 0.15) is 5.69 Å². The maximum absolute atomic E-state index is 4.49. The fraction of sp³-hybridized carbons (Fsp3) is 0.154. The molecule has 5 nitrogen and oxygen atoms in total. The van der Waals surface area contributed by atoms with Gasteiger partial charge in [0, 0.05) is 24.9 Å². The summed E-state index contributed by atoms with van der Waals surface area (Å²) in [5, 5.41) is 3.25. The van der Waals surface area contributed by atoms with Crippen molar-refractivity contribution in [1.29, 1.82) is 0 Å². The van der Waals surface area contributed by atoms with Crippen molar-refractivity contribution in [1.82, 2.24) is 19.9 Å². The Kier molecular flexibility index (Phi) is 2.87. The molecule has 0 amide bonds. The lowest BCUT2D eigenvalue weighted by Gasteiger charge is -2.05. The zero-order valence-corrected chi connectivity index (χ0v) is 9.80. The first-order valence-corrected chi connectivity index (χ1v) is 5.85. The van der Waals surface area contributed by atoms with E-state index in [-0.39, 0.29) is 0 Å². The third kappa shape index (κ3) is 2.29. The topological polar surface area (TPSA) is 66.5 Å². The number of fused-ring (bicyclic) bond motifs is 1. The van der Waals surface area contributed by atoms with Crippen LogP contribution in [0.3, 0.4) is 0 Å². The van der Waals surface area contributed by atoms with Crippen molar-refractivity contribution in [2.45, 2.75) is 6.42 Å². The van der Waals surface area contributed by atoms with Crippen LogP contribution in [0, 0.1) is 0 Å². The van der Waals surface area contributed by atoms with E-state index < -0.39 is 0 Å². The highest BCUT2D eigenvalue weighted by Gasteiger charge is 1.99. The zero-order chi connectivity index (χ0) is 12.2. The fourth-order valence-electron chi connectivity index (χ4n) is 1.79.